The van der Waals surface area contributed by atoms with Gasteiger partial charge in [-0.15, -0.1) is 0 Å². The van der Waals surface area contributed by atoms with Crippen LogP contribution in [-0.4, -0.2) is 12.2 Å². The van der Waals surface area contributed by atoms with Gasteiger partial charge in [0.1, 0.15) is 5.60 Å². The van der Waals surface area contributed by atoms with E-state index in [1.165, 1.54) is 64.2 Å². The van der Waals surface area contributed by atoms with Crippen LogP contribution in [0.1, 0.15) is 118 Å². The van der Waals surface area contributed by atoms with Gasteiger partial charge in [0.25, 0.3) is 0 Å². The summed E-state index contributed by atoms with van der Waals surface area (Å²) in [4.78, 5) is 11.7. The maximum Gasteiger partial charge on any atom is 0.104 e. The van der Waals surface area contributed by atoms with Crippen molar-refractivity contribution >= 4 is 0 Å². The van der Waals surface area contributed by atoms with E-state index in [-0.39, 0.29) is 5.60 Å². The first-order valence-electron chi connectivity index (χ1n) is 10.0. The van der Waals surface area contributed by atoms with Crippen LogP contribution in [0.4, 0.5) is 0 Å². The molecule has 0 saturated heterocycles. The summed E-state index contributed by atoms with van der Waals surface area (Å²) in [6, 6.07) is 0. The molecule has 2 nitrogen and oxygen atoms in total. The van der Waals surface area contributed by atoms with E-state index in [4.69, 9.17) is 9.78 Å². The highest BCUT2D eigenvalue weighted by atomic mass is 17.2. The van der Waals surface area contributed by atoms with E-state index in [0.29, 0.717) is 0 Å². The second kappa shape index (κ2) is 15.8. The summed E-state index contributed by atoms with van der Waals surface area (Å²) in [5.74, 6) is 0. The molecule has 0 fully saturated rings. The Morgan fingerprint density at radius 2 is 1.05 bits per heavy atom. The molecule has 0 spiro atoms. The fourth-order valence-corrected chi connectivity index (χ4v) is 2.92. The summed E-state index contributed by atoms with van der Waals surface area (Å²) >= 11 is 0. The molecule has 0 aromatic carbocycles. The van der Waals surface area contributed by atoms with Gasteiger partial charge in [-0.1, -0.05) is 91.9 Å². The smallest absolute Gasteiger partial charge is 0.104 e. The van der Waals surface area contributed by atoms with Gasteiger partial charge >= 0.3 is 0 Å². The Morgan fingerprint density at radius 3 is 1.59 bits per heavy atom. The minimum Gasteiger partial charge on any atom is -0.236 e. The van der Waals surface area contributed by atoms with Crippen LogP contribution in [0, 0.1) is 0 Å². The molecule has 0 radical (unpaired) electrons. The highest BCUT2D eigenvalue weighted by Crippen LogP contribution is 2.32. The lowest BCUT2D eigenvalue weighted by Crippen LogP contribution is -2.33. The standard InChI is InChI=1S/C20H42O2/c1-5-9-13-14-15-18-20(16-10-6-2,17-11-7-3)22-21-19-12-8-4/h5-19H2,1-4H3. The highest BCUT2D eigenvalue weighted by molar-refractivity contribution is 4.79. The fraction of sp³-hybridized carbons (Fsp3) is 1.00. The molecule has 0 heterocycles. The lowest BCUT2D eigenvalue weighted by Gasteiger charge is -2.33. The van der Waals surface area contributed by atoms with Crippen molar-refractivity contribution in [1.82, 2.24) is 0 Å². The summed E-state index contributed by atoms with van der Waals surface area (Å²) in [7, 11) is 0. The van der Waals surface area contributed by atoms with Crippen molar-refractivity contribution in [3.63, 3.8) is 0 Å². The predicted molar refractivity (Wildman–Crippen MR) is 97.1 cm³/mol. The van der Waals surface area contributed by atoms with Crippen LogP contribution in [0.5, 0.6) is 0 Å². The second-order valence-electron chi connectivity index (χ2n) is 6.81. The number of unbranched alkanes of at least 4 members (excludes halogenated alkanes) is 7. The van der Waals surface area contributed by atoms with Gasteiger partial charge in [-0.05, 0) is 25.7 Å². The van der Waals surface area contributed by atoms with Crippen LogP contribution in [0.3, 0.4) is 0 Å². The summed E-state index contributed by atoms with van der Waals surface area (Å²) in [5.41, 5.74) is -0.0218. The van der Waals surface area contributed by atoms with Crippen molar-refractivity contribution in [2.24, 2.45) is 0 Å². The largest absolute Gasteiger partial charge is 0.236 e. The zero-order valence-electron chi connectivity index (χ0n) is 15.9. The van der Waals surface area contributed by atoms with E-state index in [1.807, 2.05) is 0 Å². The third-order valence-electron chi connectivity index (χ3n) is 4.52. The SMILES string of the molecule is CCCCCCCC(CCCC)(CCCC)OOCCCC. The quantitative estimate of drug-likeness (QED) is 0.160. The molecular weight excluding hydrogens is 272 g/mol. The summed E-state index contributed by atoms with van der Waals surface area (Å²) in [5, 5.41) is 0. The fourth-order valence-electron chi connectivity index (χ4n) is 2.92. The molecule has 0 aromatic rings. The van der Waals surface area contributed by atoms with Gasteiger partial charge < -0.3 is 0 Å². The van der Waals surface area contributed by atoms with Crippen molar-refractivity contribution in [2.75, 3.05) is 6.61 Å². The zero-order chi connectivity index (χ0) is 16.5. The van der Waals surface area contributed by atoms with Crippen molar-refractivity contribution in [1.29, 1.82) is 0 Å². The summed E-state index contributed by atoms with van der Waals surface area (Å²) in [6.45, 7) is 9.75. The maximum absolute atomic E-state index is 6.04. The topological polar surface area (TPSA) is 18.5 Å². The van der Waals surface area contributed by atoms with Gasteiger partial charge in [0.2, 0.25) is 0 Å². The Morgan fingerprint density at radius 1 is 0.545 bits per heavy atom. The third kappa shape index (κ3) is 11.5. The Hall–Kier alpha value is -0.0800. The molecule has 0 aliphatic heterocycles. The molecule has 0 saturated carbocycles. The molecule has 0 rings (SSSR count). The lowest BCUT2D eigenvalue weighted by molar-refractivity contribution is -0.367. The molecule has 134 valence electrons. The molecule has 0 aromatic heterocycles. The average Bonchev–Trinajstić information content (AvgIpc) is 2.54. The van der Waals surface area contributed by atoms with Crippen LogP contribution in [0.25, 0.3) is 0 Å². The van der Waals surface area contributed by atoms with Gasteiger partial charge in [0.05, 0.1) is 6.61 Å². The van der Waals surface area contributed by atoms with Gasteiger partial charge in [0.15, 0.2) is 0 Å². The minimum absolute atomic E-state index is 0.0218. The minimum atomic E-state index is -0.0218. The van der Waals surface area contributed by atoms with E-state index in [2.05, 4.69) is 27.7 Å². The lowest BCUT2D eigenvalue weighted by atomic mass is 9.85. The molecule has 22 heavy (non-hydrogen) atoms. The molecule has 0 atom stereocenters. The Kier molecular flexibility index (Phi) is 15.7. The number of hydrogen-bond acceptors (Lipinski definition) is 2. The molecule has 0 bridgehead atoms. The van der Waals surface area contributed by atoms with Crippen molar-refractivity contribution in [2.45, 2.75) is 123 Å². The maximum atomic E-state index is 6.04. The monoisotopic (exact) mass is 314 g/mol. The zero-order valence-corrected chi connectivity index (χ0v) is 15.9. The Balaban J connectivity index is 4.41. The molecule has 0 aliphatic carbocycles. The van der Waals surface area contributed by atoms with Gasteiger partial charge in [-0.2, -0.15) is 0 Å². The van der Waals surface area contributed by atoms with Crippen LogP contribution in [-0.2, 0) is 9.78 Å². The molecule has 0 amide bonds. The Labute approximate surface area is 140 Å². The van der Waals surface area contributed by atoms with Gasteiger partial charge in [-0.25, -0.2) is 9.78 Å². The van der Waals surface area contributed by atoms with Crippen LogP contribution >= 0.6 is 0 Å². The van der Waals surface area contributed by atoms with Crippen molar-refractivity contribution in [3.05, 3.63) is 0 Å². The van der Waals surface area contributed by atoms with E-state index in [1.54, 1.807) is 0 Å². The van der Waals surface area contributed by atoms with Gasteiger partial charge in [0, 0.05) is 0 Å². The van der Waals surface area contributed by atoms with E-state index < -0.39 is 0 Å². The molecular formula is C20H42O2. The first kappa shape index (κ1) is 21.9. The number of hydrogen-bond donors (Lipinski definition) is 0. The molecule has 0 unspecified atom stereocenters. The molecule has 2 heteroatoms. The summed E-state index contributed by atoms with van der Waals surface area (Å²) in [6.07, 6.45) is 17.4. The van der Waals surface area contributed by atoms with Crippen LogP contribution in [0.2, 0.25) is 0 Å². The van der Waals surface area contributed by atoms with Crippen molar-refractivity contribution < 1.29 is 9.78 Å². The Bertz CT molecular complexity index is 208. The van der Waals surface area contributed by atoms with Crippen LogP contribution in [0.15, 0.2) is 0 Å². The van der Waals surface area contributed by atoms with Crippen molar-refractivity contribution in [3.8, 4) is 0 Å². The normalized spacial score (nSPS) is 12.0. The van der Waals surface area contributed by atoms with E-state index >= 15 is 0 Å². The van der Waals surface area contributed by atoms with Gasteiger partial charge in [-0.3, -0.25) is 0 Å². The molecule has 0 aliphatic rings. The summed E-state index contributed by atoms with van der Waals surface area (Å²) < 4.78 is 0. The molecule has 0 N–H and O–H groups in total. The van der Waals surface area contributed by atoms with E-state index in [9.17, 15) is 0 Å². The number of rotatable bonds is 17. The first-order valence-corrected chi connectivity index (χ1v) is 10.0. The average molecular weight is 315 g/mol. The first-order chi connectivity index (χ1) is 10.7. The van der Waals surface area contributed by atoms with Crippen LogP contribution < -0.4 is 0 Å². The second-order valence-corrected chi connectivity index (χ2v) is 6.81. The third-order valence-corrected chi connectivity index (χ3v) is 4.52. The predicted octanol–water partition coefficient (Wildman–Crippen LogP) is 7.21. The van der Waals surface area contributed by atoms with E-state index in [0.717, 1.165) is 32.3 Å². The highest BCUT2D eigenvalue weighted by Gasteiger charge is 2.31.